The first-order valence-corrected chi connectivity index (χ1v) is 7.72. The van der Waals surface area contributed by atoms with Gasteiger partial charge >= 0.3 is 5.97 Å². The normalized spacial score (nSPS) is 20.0. The Morgan fingerprint density at radius 3 is 3.05 bits per heavy atom. The van der Waals surface area contributed by atoms with Gasteiger partial charge in [-0.2, -0.15) is 0 Å². The highest BCUT2D eigenvalue weighted by atomic mass is 79.9. The number of nitrogens with zero attached hydrogens (tertiary/aromatic N) is 1. The van der Waals surface area contributed by atoms with E-state index in [1.54, 1.807) is 12.1 Å². The fraction of sp³-hybridized carbons (Fsp3) is 0.533. The lowest BCUT2D eigenvalue weighted by atomic mass is 9.93. The van der Waals surface area contributed by atoms with Crippen molar-refractivity contribution in [1.29, 1.82) is 0 Å². The number of likely N-dealkylation sites (tertiary alicyclic amines) is 1. The summed E-state index contributed by atoms with van der Waals surface area (Å²) in [5.74, 6) is -0.509. The van der Waals surface area contributed by atoms with Crippen LogP contribution in [0.2, 0.25) is 0 Å². The standard InChI is InChI=1S/C15H19BrFNO2/c16-14-5-4-13(17)8-12(14)10-18-7-1-2-11(9-18)3-6-15(19)20/h4-5,8,11H,1-3,6-7,9-10H2,(H,19,20). The maximum absolute atomic E-state index is 13.3. The van der Waals surface area contributed by atoms with Crippen LogP contribution in [0.3, 0.4) is 0 Å². The number of piperidine rings is 1. The van der Waals surface area contributed by atoms with Crippen molar-refractivity contribution in [3.63, 3.8) is 0 Å². The molecule has 0 spiro atoms. The highest BCUT2D eigenvalue weighted by molar-refractivity contribution is 9.10. The minimum atomic E-state index is -0.727. The van der Waals surface area contributed by atoms with E-state index in [9.17, 15) is 9.18 Å². The van der Waals surface area contributed by atoms with Crippen molar-refractivity contribution < 1.29 is 14.3 Å². The third-order valence-corrected chi connectivity index (χ3v) is 4.54. The maximum Gasteiger partial charge on any atom is 0.303 e. The molecule has 1 saturated heterocycles. The Bertz CT molecular complexity index is 481. The van der Waals surface area contributed by atoms with E-state index in [0.29, 0.717) is 12.5 Å². The molecule has 1 atom stereocenters. The molecular weight excluding hydrogens is 325 g/mol. The largest absolute Gasteiger partial charge is 0.481 e. The van der Waals surface area contributed by atoms with Gasteiger partial charge < -0.3 is 5.11 Å². The third-order valence-electron chi connectivity index (χ3n) is 3.77. The number of aliphatic carboxylic acids is 1. The van der Waals surface area contributed by atoms with Gasteiger partial charge in [-0.25, -0.2) is 4.39 Å². The number of hydrogen-bond acceptors (Lipinski definition) is 2. The average molecular weight is 344 g/mol. The highest BCUT2D eigenvalue weighted by Gasteiger charge is 2.21. The minimum Gasteiger partial charge on any atom is -0.481 e. The summed E-state index contributed by atoms with van der Waals surface area (Å²) in [5.41, 5.74) is 0.948. The van der Waals surface area contributed by atoms with Crippen LogP contribution in [0.1, 0.15) is 31.2 Å². The summed E-state index contributed by atoms with van der Waals surface area (Å²) in [6.45, 7) is 2.60. The molecule has 1 heterocycles. The zero-order valence-electron chi connectivity index (χ0n) is 11.3. The molecule has 1 N–H and O–H groups in total. The number of halogens is 2. The van der Waals surface area contributed by atoms with Gasteiger partial charge in [-0.1, -0.05) is 15.9 Å². The van der Waals surface area contributed by atoms with Gasteiger partial charge in [0.25, 0.3) is 0 Å². The summed E-state index contributed by atoms with van der Waals surface area (Å²) in [5, 5.41) is 8.75. The zero-order valence-corrected chi connectivity index (χ0v) is 12.9. The Balaban J connectivity index is 1.92. The first kappa shape index (κ1) is 15.4. The number of rotatable bonds is 5. The molecule has 0 saturated carbocycles. The van der Waals surface area contributed by atoms with E-state index in [1.807, 2.05) is 0 Å². The van der Waals surface area contributed by atoms with Gasteiger partial charge in [0.05, 0.1) is 0 Å². The molecule has 5 heteroatoms. The summed E-state index contributed by atoms with van der Waals surface area (Å²) in [6.07, 6.45) is 3.14. The number of carboxylic acids is 1. The monoisotopic (exact) mass is 343 g/mol. The van der Waals surface area contributed by atoms with Crippen LogP contribution in [0, 0.1) is 11.7 Å². The summed E-state index contributed by atoms with van der Waals surface area (Å²) in [4.78, 5) is 12.9. The lowest BCUT2D eigenvalue weighted by Crippen LogP contribution is -2.35. The number of carboxylic acid groups (broad SMARTS) is 1. The van der Waals surface area contributed by atoms with Gasteiger partial charge in [-0.15, -0.1) is 0 Å². The van der Waals surface area contributed by atoms with Crippen LogP contribution in [-0.4, -0.2) is 29.1 Å². The van der Waals surface area contributed by atoms with E-state index < -0.39 is 5.97 Å². The number of hydrogen-bond donors (Lipinski definition) is 1. The quantitative estimate of drug-likeness (QED) is 0.886. The second kappa shape index (κ2) is 7.18. The fourth-order valence-corrected chi connectivity index (χ4v) is 3.14. The molecule has 110 valence electrons. The van der Waals surface area contributed by atoms with Crippen LogP contribution in [0.25, 0.3) is 0 Å². The summed E-state index contributed by atoms with van der Waals surface area (Å²) < 4.78 is 14.2. The molecule has 0 bridgehead atoms. The minimum absolute atomic E-state index is 0.220. The molecule has 3 nitrogen and oxygen atoms in total. The Hall–Kier alpha value is -0.940. The first-order valence-electron chi connectivity index (χ1n) is 6.92. The molecule has 1 aromatic rings. The molecule has 0 amide bonds. The van der Waals surface area contributed by atoms with Gasteiger partial charge in [-0.05, 0) is 55.5 Å². The molecule has 0 aliphatic carbocycles. The highest BCUT2D eigenvalue weighted by Crippen LogP contribution is 2.25. The van der Waals surface area contributed by atoms with Gasteiger partial charge in [0.2, 0.25) is 0 Å². The van der Waals surface area contributed by atoms with Crippen molar-refractivity contribution in [3.8, 4) is 0 Å². The van der Waals surface area contributed by atoms with Crippen molar-refractivity contribution in [2.24, 2.45) is 5.92 Å². The first-order chi connectivity index (χ1) is 9.54. The third kappa shape index (κ3) is 4.56. The lowest BCUT2D eigenvalue weighted by Gasteiger charge is -2.32. The Labute approximate surface area is 126 Å². The van der Waals surface area contributed by atoms with Crippen LogP contribution in [-0.2, 0) is 11.3 Å². The van der Waals surface area contributed by atoms with Crippen molar-refractivity contribution in [1.82, 2.24) is 4.90 Å². The van der Waals surface area contributed by atoms with Gasteiger partial charge in [-0.3, -0.25) is 9.69 Å². The average Bonchev–Trinajstić information content (AvgIpc) is 2.41. The van der Waals surface area contributed by atoms with Gasteiger partial charge in [0.15, 0.2) is 0 Å². The predicted octanol–water partition coefficient (Wildman–Crippen LogP) is 3.67. The van der Waals surface area contributed by atoms with E-state index in [4.69, 9.17) is 5.11 Å². The molecular formula is C15H19BrFNO2. The van der Waals surface area contributed by atoms with E-state index in [2.05, 4.69) is 20.8 Å². The van der Waals surface area contributed by atoms with Gasteiger partial charge in [0, 0.05) is 24.0 Å². The molecule has 0 aromatic heterocycles. The molecule has 2 rings (SSSR count). The van der Waals surface area contributed by atoms with E-state index >= 15 is 0 Å². The number of carbonyl (C=O) groups is 1. The van der Waals surface area contributed by atoms with Crippen LogP contribution >= 0.6 is 15.9 Å². The predicted molar refractivity (Wildman–Crippen MR) is 79.0 cm³/mol. The van der Waals surface area contributed by atoms with Crippen LogP contribution in [0.4, 0.5) is 4.39 Å². The molecule has 0 radical (unpaired) electrons. The molecule has 1 aliphatic rings. The molecule has 1 fully saturated rings. The van der Waals surface area contributed by atoms with Crippen molar-refractivity contribution in [2.45, 2.75) is 32.2 Å². The van der Waals surface area contributed by atoms with E-state index in [0.717, 1.165) is 42.4 Å². The van der Waals surface area contributed by atoms with E-state index in [1.165, 1.54) is 6.07 Å². The lowest BCUT2D eigenvalue weighted by molar-refractivity contribution is -0.137. The summed E-state index contributed by atoms with van der Waals surface area (Å²) >= 11 is 3.45. The SMILES string of the molecule is O=C(O)CCC1CCCN(Cc2cc(F)ccc2Br)C1. The smallest absolute Gasteiger partial charge is 0.303 e. The van der Waals surface area contributed by atoms with Crippen LogP contribution < -0.4 is 0 Å². The maximum atomic E-state index is 13.3. The zero-order chi connectivity index (χ0) is 14.5. The fourth-order valence-electron chi connectivity index (χ4n) is 2.76. The summed E-state index contributed by atoms with van der Waals surface area (Å²) in [7, 11) is 0. The van der Waals surface area contributed by atoms with E-state index in [-0.39, 0.29) is 12.2 Å². The molecule has 1 unspecified atom stereocenters. The Kier molecular flexibility index (Phi) is 5.54. The topological polar surface area (TPSA) is 40.5 Å². The second-order valence-corrected chi connectivity index (χ2v) is 6.27. The summed E-state index contributed by atoms with van der Waals surface area (Å²) in [6, 6.07) is 4.74. The van der Waals surface area contributed by atoms with Crippen LogP contribution in [0.5, 0.6) is 0 Å². The van der Waals surface area contributed by atoms with Crippen molar-refractivity contribution in [3.05, 3.63) is 34.1 Å². The molecule has 20 heavy (non-hydrogen) atoms. The van der Waals surface area contributed by atoms with Crippen LogP contribution in [0.15, 0.2) is 22.7 Å². The Morgan fingerprint density at radius 2 is 2.30 bits per heavy atom. The Morgan fingerprint density at radius 1 is 1.50 bits per heavy atom. The van der Waals surface area contributed by atoms with Gasteiger partial charge in [0.1, 0.15) is 5.82 Å². The second-order valence-electron chi connectivity index (χ2n) is 5.41. The van der Waals surface area contributed by atoms with Crippen molar-refractivity contribution in [2.75, 3.05) is 13.1 Å². The number of benzene rings is 1. The van der Waals surface area contributed by atoms with Crippen molar-refractivity contribution >= 4 is 21.9 Å². The molecule has 1 aromatic carbocycles. The molecule has 1 aliphatic heterocycles.